The third-order valence-corrected chi connectivity index (χ3v) is 4.14. The van der Waals surface area contributed by atoms with Crippen LogP contribution in [0.5, 0.6) is 0 Å². The van der Waals surface area contributed by atoms with E-state index in [9.17, 15) is 0 Å². The lowest BCUT2D eigenvalue weighted by molar-refractivity contribution is 0.396. The number of imidazole rings is 1. The fourth-order valence-corrected chi connectivity index (χ4v) is 2.87. The summed E-state index contributed by atoms with van der Waals surface area (Å²) in [7, 11) is 4.15. The van der Waals surface area contributed by atoms with E-state index >= 15 is 0 Å². The van der Waals surface area contributed by atoms with E-state index in [2.05, 4.69) is 63.9 Å². The highest BCUT2D eigenvalue weighted by molar-refractivity contribution is 5.55. The Balaban J connectivity index is 1.63. The highest BCUT2D eigenvalue weighted by Crippen LogP contribution is 2.27. The zero-order valence-electron chi connectivity index (χ0n) is 12.2. The third-order valence-electron chi connectivity index (χ3n) is 4.14. The molecular formula is C16H22N4. The van der Waals surface area contributed by atoms with Gasteiger partial charge in [-0.25, -0.2) is 4.98 Å². The van der Waals surface area contributed by atoms with E-state index < -0.39 is 0 Å². The largest absolute Gasteiger partial charge is 0.378 e. The van der Waals surface area contributed by atoms with Crippen LogP contribution in [-0.4, -0.2) is 36.7 Å². The van der Waals surface area contributed by atoms with Crippen molar-refractivity contribution in [3.05, 3.63) is 43.0 Å². The Kier molecular flexibility index (Phi) is 3.63. The second-order valence-corrected chi connectivity index (χ2v) is 5.64. The van der Waals surface area contributed by atoms with Gasteiger partial charge < -0.3 is 14.4 Å². The number of aromatic nitrogens is 2. The molecule has 1 fully saturated rings. The predicted octanol–water partition coefficient (Wildman–Crippen LogP) is 2.79. The first kappa shape index (κ1) is 13.0. The van der Waals surface area contributed by atoms with Crippen LogP contribution in [0.15, 0.2) is 43.0 Å². The van der Waals surface area contributed by atoms with Crippen LogP contribution in [0, 0.1) is 0 Å². The number of benzene rings is 1. The Morgan fingerprint density at radius 2 is 1.80 bits per heavy atom. The van der Waals surface area contributed by atoms with Gasteiger partial charge in [-0.15, -0.1) is 0 Å². The van der Waals surface area contributed by atoms with Crippen LogP contribution >= 0.6 is 0 Å². The Bertz CT molecular complexity index is 522. The van der Waals surface area contributed by atoms with E-state index in [4.69, 9.17) is 0 Å². The van der Waals surface area contributed by atoms with E-state index in [1.165, 1.54) is 24.2 Å². The molecule has 0 aliphatic carbocycles. The molecule has 0 amide bonds. The number of piperidine rings is 1. The lowest BCUT2D eigenvalue weighted by atomic mass is 10.0. The summed E-state index contributed by atoms with van der Waals surface area (Å²) in [6.07, 6.45) is 8.25. The molecule has 4 heteroatoms. The molecule has 20 heavy (non-hydrogen) atoms. The van der Waals surface area contributed by atoms with Crippen LogP contribution in [0.3, 0.4) is 0 Å². The molecule has 1 aromatic carbocycles. The molecule has 1 aliphatic heterocycles. The lowest BCUT2D eigenvalue weighted by Gasteiger charge is -2.34. The van der Waals surface area contributed by atoms with Crippen molar-refractivity contribution in [3.63, 3.8) is 0 Å². The monoisotopic (exact) mass is 270 g/mol. The summed E-state index contributed by atoms with van der Waals surface area (Å²) in [6, 6.07) is 9.45. The molecule has 2 aromatic rings. The van der Waals surface area contributed by atoms with Gasteiger partial charge in [-0.3, -0.25) is 0 Å². The average Bonchev–Trinajstić information content (AvgIpc) is 3.02. The zero-order valence-corrected chi connectivity index (χ0v) is 12.2. The maximum atomic E-state index is 4.15. The molecule has 106 valence electrons. The van der Waals surface area contributed by atoms with Crippen molar-refractivity contribution in [2.24, 2.45) is 0 Å². The molecular weight excluding hydrogens is 248 g/mol. The standard InChI is InChI=1S/C16H22N4/c1-18(2)14-3-5-15(6-4-14)19-10-7-16(8-11-19)20-12-9-17-13-20/h3-6,9,12-13,16H,7-8,10-11H2,1-2H3. The van der Waals surface area contributed by atoms with Gasteiger partial charge in [-0.1, -0.05) is 0 Å². The molecule has 0 radical (unpaired) electrons. The molecule has 0 atom stereocenters. The fourth-order valence-electron chi connectivity index (χ4n) is 2.87. The summed E-state index contributed by atoms with van der Waals surface area (Å²) in [4.78, 5) is 8.76. The molecule has 0 saturated carbocycles. The highest BCUT2D eigenvalue weighted by atomic mass is 15.2. The van der Waals surface area contributed by atoms with Crippen LogP contribution in [-0.2, 0) is 0 Å². The van der Waals surface area contributed by atoms with Crippen molar-refractivity contribution in [2.45, 2.75) is 18.9 Å². The van der Waals surface area contributed by atoms with Gasteiger partial charge in [0.25, 0.3) is 0 Å². The van der Waals surface area contributed by atoms with E-state index in [0.717, 1.165) is 13.1 Å². The quantitative estimate of drug-likeness (QED) is 0.857. The number of rotatable bonds is 3. The van der Waals surface area contributed by atoms with Gasteiger partial charge in [-0.05, 0) is 37.1 Å². The smallest absolute Gasteiger partial charge is 0.0948 e. The van der Waals surface area contributed by atoms with Gasteiger partial charge in [-0.2, -0.15) is 0 Å². The zero-order chi connectivity index (χ0) is 13.9. The molecule has 0 bridgehead atoms. The molecule has 2 heterocycles. The van der Waals surface area contributed by atoms with E-state index in [-0.39, 0.29) is 0 Å². The van der Waals surface area contributed by atoms with Gasteiger partial charge in [0.2, 0.25) is 0 Å². The topological polar surface area (TPSA) is 24.3 Å². The Labute approximate surface area is 120 Å². The van der Waals surface area contributed by atoms with Gasteiger partial charge in [0.05, 0.1) is 6.33 Å². The second kappa shape index (κ2) is 5.57. The lowest BCUT2D eigenvalue weighted by Crippen LogP contribution is -2.34. The van der Waals surface area contributed by atoms with Gasteiger partial charge in [0, 0.05) is 57.0 Å². The van der Waals surface area contributed by atoms with Crippen molar-refractivity contribution >= 4 is 11.4 Å². The summed E-state index contributed by atoms with van der Waals surface area (Å²) in [5.41, 5.74) is 2.58. The SMILES string of the molecule is CN(C)c1ccc(N2CCC(n3ccnc3)CC2)cc1. The summed E-state index contributed by atoms with van der Waals surface area (Å²) in [5, 5.41) is 0. The summed E-state index contributed by atoms with van der Waals surface area (Å²) < 4.78 is 2.24. The van der Waals surface area contributed by atoms with Crippen LogP contribution in [0.2, 0.25) is 0 Å². The van der Waals surface area contributed by atoms with Crippen molar-refractivity contribution in [2.75, 3.05) is 37.0 Å². The molecule has 3 rings (SSSR count). The van der Waals surface area contributed by atoms with Gasteiger partial charge in [0.1, 0.15) is 0 Å². The maximum absolute atomic E-state index is 4.15. The summed E-state index contributed by atoms with van der Waals surface area (Å²) >= 11 is 0. The summed E-state index contributed by atoms with van der Waals surface area (Å²) in [5.74, 6) is 0. The van der Waals surface area contributed by atoms with Crippen LogP contribution in [0.4, 0.5) is 11.4 Å². The maximum Gasteiger partial charge on any atom is 0.0948 e. The Morgan fingerprint density at radius 3 is 2.35 bits per heavy atom. The molecule has 0 spiro atoms. The van der Waals surface area contributed by atoms with Crippen LogP contribution in [0.1, 0.15) is 18.9 Å². The second-order valence-electron chi connectivity index (χ2n) is 5.64. The Morgan fingerprint density at radius 1 is 1.10 bits per heavy atom. The molecule has 1 saturated heterocycles. The minimum absolute atomic E-state index is 0.606. The van der Waals surface area contributed by atoms with E-state index in [1.54, 1.807) is 0 Å². The third kappa shape index (κ3) is 2.64. The average molecular weight is 270 g/mol. The van der Waals surface area contributed by atoms with Crippen molar-refractivity contribution in [1.82, 2.24) is 9.55 Å². The summed E-state index contributed by atoms with van der Waals surface area (Å²) in [6.45, 7) is 2.23. The van der Waals surface area contributed by atoms with Crippen molar-refractivity contribution in [1.29, 1.82) is 0 Å². The minimum atomic E-state index is 0.606. The minimum Gasteiger partial charge on any atom is -0.378 e. The highest BCUT2D eigenvalue weighted by Gasteiger charge is 2.20. The molecule has 0 N–H and O–H groups in total. The molecule has 4 nitrogen and oxygen atoms in total. The van der Waals surface area contributed by atoms with E-state index in [0.29, 0.717) is 6.04 Å². The van der Waals surface area contributed by atoms with Gasteiger partial charge >= 0.3 is 0 Å². The fraction of sp³-hybridized carbons (Fsp3) is 0.438. The first-order chi connectivity index (χ1) is 9.74. The number of hydrogen-bond acceptors (Lipinski definition) is 3. The van der Waals surface area contributed by atoms with Crippen molar-refractivity contribution < 1.29 is 0 Å². The number of anilines is 2. The molecule has 1 aromatic heterocycles. The normalized spacial score (nSPS) is 16.4. The number of nitrogens with zero attached hydrogens (tertiary/aromatic N) is 4. The van der Waals surface area contributed by atoms with Crippen LogP contribution < -0.4 is 9.80 Å². The first-order valence-electron chi connectivity index (χ1n) is 7.24. The van der Waals surface area contributed by atoms with Crippen LogP contribution in [0.25, 0.3) is 0 Å². The van der Waals surface area contributed by atoms with E-state index in [1.807, 2.05) is 12.5 Å². The first-order valence-corrected chi connectivity index (χ1v) is 7.24. The molecule has 1 aliphatic rings. The Hall–Kier alpha value is -1.97. The van der Waals surface area contributed by atoms with Crippen molar-refractivity contribution in [3.8, 4) is 0 Å². The number of hydrogen-bond donors (Lipinski definition) is 0. The molecule has 0 unspecified atom stereocenters. The van der Waals surface area contributed by atoms with Gasteiger partial charge in [0.15, 0.2) is 0 Å². The predicted molar refractivity (Wildman–Crippen MR) is 83.5 cm³/mol.